The molecule has 2 unspecified atom stereocenters. The lowest BCUT2D eigenvalue weighted by molar-refractivity contribution is -0.313. The first-order valence-electron chi connectivity index (χ1n) is 8.20. The van der Waals surface area contributed by atoms with Gasteiger partial charge in [0, 0.05) is 23.5 Å². The molecule has 1 fully saturated rings. The molecule has 0 aromatic heterocycles. The number of hydrogen-bond acceptors (Lipinski definition) is 7. The minimum absolute atomic E-state index is 0.0609. The monoisotopic (exact) mass is 362 g/mol. The summed E-state index contributed by atoms with van der Waals surface area (Å²) in [6, 6.07) is 4.00. The van der Waals surface area contributed by atoms with Crippen LogP contribution >= 0.6 is 0 Å². The van der Waals surface area contributed by atoms with E-state index in [1.807, 2.05) is 0 Å². The maximum atomic E-state index is 12.5. The van der Waals surface area contributed by atoms with Crippen molar-refractivity contribution < 1.29 is 33.8 Å². The van der Waals surface area contributed by atoms with E-state index in [0.29, 0.717) is 12.8 Å². The molecule has 8 heteroatoms. The number of anilines is 1. The van der Waals surface area contributed by atoms with Crippen LogP contribution in [0.2, 0.25) is 0 Å². The van der Waals surface area contributed by atoms with Gasteiger partial charge in [0.2, 0.25) is 5.91 Å². The number of rotatable bonds is 5. The predicted molar refractivity (Wildman–Crippen MR) is 88.2 cm³/mol. The third-order valence-corrected chi connectivity index (χ3v) is 4.45. The van der Waals surface area contributed by atoms with Crippen LogP contribution in [0.1, 0.15) is 46.4 Å². The van der Waals surface area contributed by atoms with Crippen molar-refractivity contribution in [3.8, 4) is 0 Å². The van der Waals surface area contributed by atoms with Crippen molar-refractivity contribution >= 4 is 29.5 Å². The lowest BCUT2D eigenvalue weighted by Crippen LogP contribution is -2.42. The smallest absolute Gasteiger partial charge is 0.337 e. The fraction of sp³-hybridized carbons (Fsp3) is 0.444. The first-order chi connectivity index (χ1) is 12.4. The topological polar surface area (TPSA) is 122 Å². The second-order valence-electron chi connectivity index (χ2n) is 6.09. The Bertz CT molecular complexity index is 694. The SMILES string of the molecule is COC(=O)c1cc(NC(=O)C2CCCCC2C(=O)[O-])cc(C(=O)OC)c1. The van der Waals surface area contributed by atoms with Gasteiger partial charge in [-0.1, -0.05) is 12.8 Å². The van der Waals surface area contributed by atoms with Crippen molar-refractivity contribution in [3.05, 3.63) is 29.3 Å². The highest BCUT2D eigenvalue weighted by atomic mass is 16.5. The number of esters is 2. The van der Waals surface area contributed by atoms with Crippen molar-refractivity contribution in [1.82, 2.24) is 0 Å². The van der Waals surface area contributed by atoms with Gasteiger partial charge in [-0.15, -0.1) is 0 Å². The van der Waals surface area contributed by atoms with Gasteiger partial charge in [0.05, 0.1) is 25.3 Å². The summed E-state index contributed by atoms with van der Waals surface area (Å²) in [5.74, 6) is -4.68. The Morgan fingerprint density at radius 3 is 1.88 bits per heavy atom. The van der Waals surface area contributed by atoms with E-state index in [4.69, 9.17) is 0 Å². The Labute approximate surface area is 150 Å². The molecular formula is C18H20NO7-. The zero-order valence-corrected chi connectivity index (χ0v) is 14.6. The summed E-state index contributed by atoms with van der Waals surface area (Å²) in [4.78, 5) is 47.4. The van der Waals surface area contributed by atoms with E-state index >= 15 is 0 Å². The van der Waals surface area contributed by atoms with Crippen LogP contribution in [0, 0.1) is 11.8 Å². The largest absolute Gasteiger partial charge is 0.550 e. The normalized spacial score (nSPS) is 19.3. The average Bonchev–Trinajstić information content (AvgIpc) is 2.66. The van der Waals surface area contributed by atoms with Gasteiger partial charge in [-0.25, -0.2) is 9.59 Å². The number of carbonyl (C=O) groups excluding carboxylic acids is 4. The molecule has 1 aromatic carbocycles. The van der Waals surface area contributed by atoms with Crippen LogP contribution < -0.4 is 10.4 Å². The zero-order valence-electron chi connectivity index (χ0n) is 14.6. The number of ether oxygens (including phenoxy) is 2. The first-order valence-corrected chi connectivity index (χ1v) is 8.20. The van der Waals surface area contributed by atoms with Crippen LogP contribution in [0.15, 0.2) is 18.2 Å². The lowest BCUT2D eigenvalue weighted by atomic mass is 9.78. The van der Waals surface area contributed by atoms with Crippen molar-refractivity contribution in [2.24, 2.45) is 11.8 Å². The second-order valence-corrected chi connectivity index (χ2v) is 6.09. The van der Waals surface area contributed by atoms with Crippen LogP contribution in [-0.4, -0.2) is 38.0 Å². The van der Waals surface area contributed by atoms with Gasteiger partial charge in [-0.2, -0.15) is 0 Å². The van der Waals surface area contributed by atoms with Crippen LogP contribution in [-0.2, 0) is 19.1 Å². The van der Waals surface area contributed by atoms with Crippen LogP contribution in [0.5, 0.6) is 0 Å². The summed E-state index contributed by atoms with van der Waals surface area (Å²) in [6.45, 7) is 0. The summed E-state index contributed by atoms with van der Waals surface area (Å²) < 4.78 is 9.28. The predicted octanol–water partition coefficient (Wildman–Crippen LogP) is 0.755. The molecule has 1 saturated carbocycles. The lowest BCUT2D eigenvalue weighted by Gasteiger charge is -2.31. The molecule has 8 nitrogen and oxygen atoms in total. The van der Waals surface area contributed by atoms with E-state index in [1.54, 1.807) is 0 Å². The highest BCUT2D eigenvalue weighted by Crippen LogP contribution is 2.31. The van der Waals surface area contributed by atoms with E-state index < -0.39 is 35.7 Å². The number of amides is 1. The fourth-order valence-corrected chi connectivity index (χ4v) is 3.13. The summed E-state index contributed by atoms with van der Waals surface area (Å²) in [7, 11) is 2.38. The third kappa shape index (κ3) is 4.38. The molecule has 26 heavy (non-hydrogen) atoms. The van der Waals surface area contributed by atoms with Crippen molar-refractivity contribution in [3.63, 3.8) is 0 Å². The summed E-state index contributed by atoms with van der Waals surface area (Å²) in [6.07, 6.45) is 2.30. The third-order valence-electron chi connectivity index (χ3n) is 4.45. The highest BCUT2D eigenvalue weighted by molar-refractivity contribution is 6.00. The Morgan fingerprint density at radius 2 is 1.42 bits per heavy atom. The van der Waals surface area contributed by atoms with E-state index in [9.17, 15) is 24.3 Å². The molecule has 1 aliphatic carbocycles. The Kier molecular flexibility index (Phi) is 6.32. The molecule has 0 saturated heterocycles. The number of benzene rings is 1. The van der Waals surface area contributed by atoms with Gasteiger partial charge >= 0.3 is 11.9 Å². The Balaban J connectivity index is 2.29. The van der Waals surface area contributed by atoms with Gasteiger partial charge < -0.3 is 24.7 Å². The van der Waals surface area contributed by atoms with E-state index in [-0.39, 0.29) is 16.8 Å². The molecule has 2 rings (SSSR count). The molecule has 0 radical (unpaired) electrons. The molecule has 0 heterocycles. The van der Waals surface area contributed by atoms with Crippen LogP contribution in [0.25, 0.3) is 0 Å². The number of nitrogens with one attached hydrogen (secondary N) is 1. The van der Waals surface area contributed by atoms with Gasteiger partial charge in [-0.3, -0.25) is 4.79 Å². The number of aliphatic carboxylic acids is 1. The number of carboxylic acid groups (broad SMARTS) is 1. The molecule has 0 bridgehead atoms. The molecule has 140 valence electrons. The van der Waals surface area contributed by atoms with Crippen LogP contribution in [0.4, 0.5) is 5.69 Å². The zero-order chi connectivity index (χ0) is 19.3. The van der Waals surface area contributed by atoms with E-state index in [1.165, 1.54) is 32.4 Å². The van der Waals surface area contributed by atoms with Gasteiger partial charge in [0.1, 0.15) is 0 Å². The minimum Gasteiger partial charge on any atom is -0.550 e. The summed E-state index contributed by atoms with van der Waals surface area (Å²) in [5.41, 5.74) is 0.303. The van der Waals surface area contributed by atoms with E-state index in [2.05, 4.69) is 14.8 Å². The Morgan fingerprint density at radius 1 is 0.923 bits per heavy atom. The molecule has 1 amide bonds. The molecule has 1 aliphatic rings. The first kappa shape index (κ1) is 19.4. The van der Waals surface area contributed by atoms with Crippen molar-refractivity contribution in [1.29, 1.82) is 0 Å². The van der Waals surface area contributed by atoms with Gasteiger partial charge in [-0.05, 0) is 31.0 Å². The van der Waals surface area contributed by atoms with Gasteiger partial charge in [0.25, 0.3) is 0 Å². The molecule has 0 spiro atoms. The number of hydrogen-bond donors (Lipinski definition) is 1. The van der Waals surface area contributed by atoms with E-state index in [0.717, 1.165) is 12.8 Å². The van der Waals surface area contributed by atoms with Gasteiger partial charge in [0.15, 0.2) is 0 Å². The van der Waals surface area contributed by atoms with Crippen LogP contribution in [0.3, 0.4) is 0 Å². The molecule has 0 aliphatic heterocycles. The summed E-state index contributed by atoms with van der Waals surface area (Å²) >= 11 is 0. The summed E-state index contributed by atoms with van der Waals surface area (Å²) in [5, 5.41) is 13.9. The van der Waals surface area contributed by atoms with Crippen molar-refractivity contribution in [2.45, 2.75) is 25.7 Å². The number of carbonyl (C=O) groups is 4. The quantitative estimate of drug-likeness (QED) is 0.767. The fourth-order valence-electron chi connectivity index (χ4n) is 3.13. The molecule has 1 N–H and O–H groups in total. The molecule has 2 atom stereocenters. The highest BCUT2D eigenvalue weighted by Gasteiger charge is 2.32. The van der Waals surface area contributed by atoms with Crippen molar-refractivity contribution in [2.75, 3.05) is 19.5 Å². The molecular weight excluding hydrogens is 342 g/mol. The number of carboxylic acids is 1. The standard InChI is InChI=1S/C18H21NO7/c1-25-17(23)10-7-11(18(24)26-2)9-12(8-10)19-15(20)13-5-3-4-6-14(13)16(21)22/h7-9,13-14H,3-6H2,1-2H3,(H,19,20)(H,21,22)/p-1. The maximum absolute atomic E-state index is 12.5. The number of methoxy groups -OCH3 is 2. The Hall–Kier alpha value is -2.90. The average molecular weight is 362 g/mol. The molecule has 1 aromatic rings. The minimum atomic E-state index is -1.25. The second kappa shape index (κ2) is 8.46. The maximum Gasteiger partial charge on any atom is 0.337 e.